The summed E-state index contributed by atoms with van der Waals surface area (Å²) in [7, 11) is 0. The van der Waals surface area contributed by atoms with Gasteiger partial charge in [0.2, 0.25) is 0 Å². The van der Waals surface area contributed by atoms with E-state index in [1.165, 1.54) is 16.2 Å². The summed E-state index contributed by atoms with van der Waals surface area (Å²) in [6, 6.07) is 8.50. The van der Waals surface area contributed by atoms with Crippen LogP contribution in [0.3, 0.4) is 0 Å². The smallest absolute Gasteiger partial charge is 0.0660 e. The van der Waals surface area contributed by atoms with E-state index >= 15 is 0 Å². The van der Waals surface area contributed by atoms with Gasteiger partial charge < -0.3 is 5.32 Å². The summed E-state index contributed by atoms with van der Waals surface area (Å²) in [5, 5.41) is 8.05. The summed E-state index contributed by atoms with van der Waals surface area (Å²) >= 11 is 1.75. The van der Waals surface area contributed by atoms with Crippen molar-refractivity contribution < 1.29 is 0 Å². The van der Waals surface area contributed by atoms with Gasteiger partial charge in [0.1, 0.15) is 0 Å². The Morgan fingerprint density at radius 1 is 1.32 bits per heavy atom. The summed E-state index contributed by atoms with van der Waals surface area (Å²) in [6.45, 7) is 8.20. The molecule has 0 aliphatic carbocycles. The Morgan fingerprint density at radius 2 is 2.11 bits per heavy atom. The SMILES string of the molecule is CCNCc1c(C)nn(-c2cccc(SC)c2)c1C. The van der Waals surface area contributed by atoms with Crippen molar-refractivity contribution >= 4 is 11.8 Å². The lowest BCUT2D eigenvalue weighted by Crippen LogP contribution is -2.13. The molecular weight excluding hydrogens is 254 g/mol. The van der Waals surface area contributed by atoms with Crippen LogP contribution < -0.4 is 5.32 Å². The van der Waals surface area contributed by atoms with Gasteiger partial charge in [0.05, 0.1) is 11.4 Å². The van der Waals surface area contributed by atoms with Crippen molar-refractivity contribution in [1.29, 1.82) is 0 Å². The molecule has 0 radical (unpaired) electrons. The molecule has 1 heterocycles. The van der Waals surface area contributed by atoms with Gasteiger partial charge in [0, 0.05) is 22.7 Å². The second-order valence-corrected chi connectivity index (χ2v) is 5.42. The fraction of sp³-hybridized carbons (Fsp3) is 0.400. The zero-order valence-corrected chi connectivity index (χ0v) is 12.8. The normalized spacial score (nSPS) is 10.9. The van der Waals surface area contributed by atoms with Crippen LogP contribution in [-0.2, 0) is 6.54 Å². The average molecular weight is 275 g/mol. The molecule has 4 heteroatoms. The minimum atomic E-state index is 0.885. The number of hydrogen-bond donors (Lipinski definition) is 1. The van der Waals surface area contributed by atoms with E-state index in [-0.39, 0.29) is 0 Å². The minimum Gasteiger partial charge on any atom is -0.313 e. The summed E-state index contributed by atoms with van der Waals surface area (Å²) in [5.74, 6) is 0. The largest absolute Gasteiger partial charge is 0.313 e. The highest BCUT2D eigenvalue weighted by Gasteiger charge is 2.12. The Labute approximate surface area is 119 Å². The number of thioether (sulfide) groups is 1. The van der Waals surface area contributed by atoms with Crippen LogP contribution in [0.4, 0.5) is 0 Å². The number of hydrogen-bond acceptors (Lipinski definition) is 3. The lowest BCUT2D eigenvalue weighted by Gasteiger charge is -2.07. The van der Waals surface area contributed by atoms with Crippen LogP contribution in [0.15, 0.2) is 29.2 Å². The second kappa shape index (κ2) is 6.26. The van der Waals surface area contributed by atoms with Gasteiger partial charge >= 0.3 is 0 Å². The molecule has 2 rings (SSSR count). The van der Waals surface area contributed by atoms with E-state index in [4.69, 9.17) is 0 Å². The number of rotatable bonds is 5. The highest BCUT2D eigenvalue weighted by molar-refractivity contribution is 7.98. The van der Waals surface area contributed by atoms with Gasteiger partial charge in [-0.05, 0) is 44.8 Å². The van der Waals surface area contributed by atoms with Gasteiger partial charge in [0.15, 0.2) is 0 Å². The van der Waals surface area contributed by atoms with E-state index in [0.717, 1.165) is 24.5 Å². The van der Waals surface area contributed by atoms with Crippen molar-refractivity contribution in [2.45, 2.75) is 32.2 Å². The van der Waals surface area contributed by atoms with Crippen LogP contribution in [-0.4, -0.2) is 22.6 Å². The van der Waals surface area contributed by atoms with Gasteiger partial charge in [0.25, 0.3) is 0 Å². The first-order valence-electron chi connectivity index (χ1n) is 6.57. The van der Waals surface area contributed by atoms with Crippen LogP contribution in [0, 0.1) is 13.8 Å². The third kappa shape index (κ3) is 3.01. The van der Waals surface area contributed by atoms with Gasteiger partial charge in [-0.2, -0.15) is 5.10 Å². The Morgan fingerprint density at radius 3 is 2.79 bits per heavy atom. The Balaban J connectivity index is 2.39. The monoisotopic (exact) mass is 275 g/mol. The Kier molecular flexibility index (Phi) is 4.66. The van der Waals surface area contributed by atoms with Crippen LogP contribution in [0.25, 0.3) is 5.69 Å². The van der Waals surface area contributed by atoms with Crippen LogP contribution in [0.5, 0.6) is 0 Å². The zero-order chi connectivity index (χ0) is 13.8. The first-order valence-corrected chi connectivity index (χ1v) is 7.80. The maximum absolute atomic E-state index is 4.68. The molecule has 1 aromatic carbocycles. The summed E-state index contributed by atoms with van der Waals surface area (Å²) < 4.78 is 2.04. The molecule has 0 fully saturated rings. The predicted molar refractivity (Wildman–Crippen MR) is 82.2 cm³/mol. The predicted octanol–water partition coefficient (Wildman–Crippen LogP) is 3.32. The lowest BCUT2D eigenvalue weighted by atomic mass is 10.2. The molecule has 3 nitrogen and oxygen atoms in total. The fourth-order valence-corrected chi connectivity index (χ4v) is 2.63. The number of nitrogens with one attached hydrogen (secondary N) is 1. The molecule has 0 amide bonds. The summed E-state index contributed by atoms with van der Waals surface area (Å²) in [6.07, 6.45) is 2.09. The number of nitrogens with zero attached hydrogens (tertiary/aromatic N) is 2. The van der Waals surface area contributed by atoms with Crippen LogP contribution in [0.2, 0.25) is 0 Å². The molecule has 102 valence electrons. The third-order valence-electron chi connectivity index (χ3n) is 3.29. The number of aromatic nitrogens is 2. The van der Waals surface area contributed by atoms with E-state index in [2.05, 4.69) is 61.7 Å². The molecular formula is C15H21N3S. The summed E-state index contributed by atoms with van der Waals surface area (Å²) in [4.78, 5) is 1.26. The molecule has 0 saturated carbocycles. The van der Waals surface area contributed by atoms with E-state index in [1.807, 2.05) is 4.68 Å². The lowest BCUT2D eigenvalue weighted by molar-refractivity contribution is 0.719. The van der Waals surface area contributed by atoms with Crippen molar-refractivity contribution in [3.63, 3.8) is 0 Å². The molecule has 0 unspecified atom stereocenters. The van der Waals surface area contributed by atoms with E-state index < -0.39 is 0 Å². The van der Waals surface area contributed by atoms with E-state index in [9.17, 15) is 0 Å². The molecule has 0 aliphatic heterocycles. The van der Waals surface area contributed by atoms with Gasteiger partial charge in [-0.25, -0.2) is 4.68 Å². The van der Waals surface area contributed by atoms with E-state index in [1.54, 1.807) is 11.8 Å². The van der Waals surface area contributed by atoms with Crippen molar-refractivity contribution in [2.75, 3.05) is 12.8 Å². The van der Waals surface area contributed by atoms with Crippen molar-refractivity contribution in [1.82, 2.24) is 15.1 Å². The zero-order valence-electron chi connectivity index (χ0n) is 12.0. The summed E-state index contributed by atoms with van der Waals surface area (Å²) in [5.41, 5.74) is 4.76. The number of aryl methyl sites for hydroxylation is 1. The first-order chi connectivity index (χ1) is 9.17. The van der Waals surface area contributed by atoms with Gasteiger partial charge in [-0.3, -0.25) is 0 Å². The van der Waals surface area contributed by atoms with Crippen molar-refractivity contribution in [2.24, 2.45) is 0 Å². The minimum absolute atomic E-state index is 0.885. The fourth-order valence-electron chi connectivity index (χ4n) is 2.17. The average Bonchev–Trinajstić information content (AvgIpc) is 2.72. The first kappa shape index (κ1) is 14.2. The number of benzene rings is 1. The molecule has 2 aromatic rings. The molecule has 0 atom stereocenters. The molecule has 1 aromatic heterocycles. The Hall–Kier alpha value is -1.26. The van der Waals surface area contributed by atoms with E-state index in [0.29, 0.717) is 0 Å². The maximum Gasteiger partial charge on any atom is 0.0660 e. The van der Waals surface area contributed by atoms with Crippen LogP contribution >= 0.6 is 11.8 Å². The van der Waals surface area contributed by atoms with Gasteiger partial charge in [-0.15, -0.1) is 11.8 Å². The molecule has 0 spiro atoms. The van der Waals surface area contributed by atoms with Crippen molar-refractivity contribution in [3.05, 3.63) is 41.2 Å². The molecule has 1 N–H and O–H groups in total. The highest BCUT2D eigenvalue weighted by atomic mass is 32.2. The quantitative estimate of drug-likeness (QED) is 0.849. The van der Waals surface area contributed by atoms with Gasteiger partial charge in [-0.1, -0.05) is 13.0 Å². The third-order valence-corrected chi connectivity index (χ3v) is 4.02. The molecule has 19 heavy (non-hydrogen) atoms. The Bertz CT molecular complexity index is 561. The molecule has 0 bridgehead atoms. The highest BCUT2D eigenvalue weighted by Crippen LogP contribution is 2.22. The maximum atomic E-state index is 4.68. The molecule has 0 saturated heterocycles. The second-order valence-electron chi connectivity index (χ2n) is 4.54. The molecule has 0 aliphatic rings. The van der Waals surface area contributed by atoms with Crippen molar-refractivity contribution in [3.8, 4) is 5.69 Å². The van der Waals surface area contributed by atoms with Crippen LogP contribution in [0.1, 0.15) is 23.9 Å². The topological polar surface area (TPSA) is 29.9 Å². The standard InChI is InChI=1S/C15H21N3S/c1-5-16-10-15-11(2)17-18(12(15)3)13-7-6-8-14(9-13)19-4/h6-9,16H,5,10H2,1-4H3.